The van der Waals surface area contributed by atoms with Crippen molar-refractivity contribution in [1.29, 1.82) is 0 Å². The van der Waals surface area contributed by atoms with Crippen LogP contribution in [0.1, 0.15) is 57.0 Å². The molecule has 0 fully saturated rings. The molecule has 0 aromatic carbocycles. The standard InChI is InChI=1S/C17H26N2S/c1-6-10-13(17(5,11-7-2)12-8-3)15-14(9-4)20-16(18)19-15/h6,9-10H,1,4,7-8,11-12H2,2-3,5H3,(H2,18,19)/b13-10+. The van der Waals surface area contributed by atoms with E-state index >= 15 is 0 Å². The van der Waals surface area contributed by atoms with Crippen LogP contribution in [0.5, 0.6) is 0 Å². The van der Waals surface area contributed by atoms with Crippen LogP contribution in [0.4, 0.5) is 5.13 Å². The summed E-state index contributed by atoms with van der Waals surface area (Å²) in [6.07, 6.45) is 10.3. The van der Waals surface area contributed by atoms with Crippen LogP contribution in [-0.4, -0.2) is 4.98 Å². The summed E-state index contributed by atoms with van der Waals surface area (Å²) in [4.78, 5) is 5.59. The second-order valence-corrected chi connectivity index (χ2v) is 6.41. The fraction of sp³-hybridized carbons (Fsp3) is 0.471. The number of thiazole rings is 1. The summed E-state index contributed by atoms with van der Waals surface area (Å²) in [6.45, 7) is 14.5. The van der Waals surface area contributed by atoms with Gasteiger partial charge in [0.15, 0.2) is 5.13 Å². The van der Waals surface area contributed by atoms with E-state index in [1.807, 2.05) is 12.2 Å². The van der Waals surface area contributed by atoms with Gasteiger partial charge >= 0.3 is 0 Å². The lowest BCUT2D eigenvalue weighted by atomic mass is 9.73. The van der Waals surface area contributed by atoms with Gasteiger partial charge in [-0.2, -0.15) is 0 Å². The summed E-state index contributed by atoms with van der Waals surface area (Å²) in [7, 11) is 0. The maximum atomic E-state index is 5.89. The Labute approximate surface area is 127 Å². The fourth-order valence-corrected chi connectivity index (χ4v) is 3.56. The van der Waals surface area contributed by atoms with E-state index in [9.17, 15) is 0 Å². The summed E-state index contributed by atoms with van der Waals surface area (Å²) in [6, 6.07) is 0. The third-order valence-electron chi connectivity index (χ3n) is 3.65. The third-order valence-corrected chi connectivity index (χ3v) is 4.53. The molecule has 110 valence electrons. The highest BCUT2D eigenvalue weighted by Crippen LogP contribution is 2.45. The van der Waals surface area contributed by atoms with Gasteiger partial charge in [0, 0.05) is 0 Å². The lowest BCUT2D eigenvalue weighted by molar-refractivity contribution is 0.368. The van der Waals surface area contributed by atoms with Crippen molar-refractivity contribution in [2.75, 3.05) is 5.73 Å². The SMILES string of the molecule is C=C/C=C(\c1nc(N)sc1C=C)C(C)(CCC)CCC. The molecule has 0 aliphatic heterocycles. The molecular weight excluding hydrogens is 264 g/mol. The Balaban J connectivity index is 3.38. The number of aromatic nitrogens is 1. The van der Waals surface area contributed by atoms with Gasteiger partial charge in [-0.25, -0.2) is 4.98 Å². The Kier molecular flexibility index (Phi) is 6.21. The van der Waals surface area contributed by atoms with Crippen LogP contribution in [0.25, 0.3) is 11.6 Å². The smallest absolute Gasteiger partial charge is 0.181 e. The molecule has 0 amide bonds. The zero-order chi connectivity index (χ0) is 15.2. The molecule has 0 aliphatic rings. The topological polar surface area (TPSA) is 38.9 Å². The first-order valence-corrected chi connectivity index (χ1v) is 8.06. The Morgan fingerprint density at radius 3 is 2.35 bits per heavy atom. The summed E-state index contributed by atoms with van der Waals surface area (Å²) in [5.74, 6) is 0. The minimum Gasteiger partial charge on any atom is -0.375 e. The Morgan fingerprint density at radius 2 is 1.90 bits per heavy atom. The molecule has 1 aromatic heterocycles. The zero-order valence-corrected chi connectivity index (χ0v) is 13.7. The van der Waals surface area contributed by atoms with Gasteiger partial charge in [-0.15, -0.1) is 0 Å². The van der Waals surface area contributed by atoms with Crippen LogP contribution in [-0.2, 0) is 0 Å². The van der Waals surface area contributed by atoms with Gasteiger partial charge in [0.1, 0.15) is 0 Å². The molecule has 0 radical (unpaired) electrons. The number of rotatable bonds is 8. The highest BCUT2D eigenvalue weighted by atomic mass is 32.1. The van der Waals surface area contributed by atoms with E-state index in [1.165, 1.54) is 16.9 Å². The van der Waals surface area contributed by atoms with E-state index in [0.717, 1.165) is 36.3 Å². The van der Waals surface area contributed by atoms with Crippen molar-refractivity contribution in [2.24, 2.45) is 5.41 Å². The van der Waals surface area contributed by atoms with Crippen molar-refractivity contribution in [2.45, 2.75) is 46.5 Å². The summed E-state index contributed by atoms with van der Waals surface area (Å²) >= 11 is 1.49. The van der Waals surface area contributed by atoms with Gasteiger partial charge in [-0.1, -0.05) is 70.3 Å². The lowest BCUT2D eigenvalue weighted by Gasteiger charge is -2.32. The molecule has 0 atom stereocenters. The minimum absolute atomic E-state index is 0.107. The predicted molar refractivity (Wildman–Crippen MR) is 92.7 cm³/mol. The number of anilines is 1. The zero-order valence-electron chi connectivity index (χ0n) is 12.9. The number of hydrogen-bond donors (Lipinski definition) is 1. The number of hydrogen-bond acceptors (Lipinski definition) is 3. The molecule has 0 spiro atoms. The molecule has 0 saturated carbocycles. The maximum absolute atomic E-state index is 5.89. The van der Waals surface area contributed by atoms with Crippen LogP contribution >= 0.6 is 11.3 Å². The summed E-state index contributed by atoms with van der Waals surface area (Å²) in [5.41, 5.74) is 8.21. The molecule has 3 heteroatoms. The number of allylic oxidation sites excluding steroid dienone is 3. The predicted octanol–water partition coefficient (Wildman–Crippen LogP) is 5.54. The van der Waals surface area contributed by atoms with Gasteiger partial charge in [0.2, 0.25) is 0 Å². The monoisotopic (exact) mass is 290 g/mol. The highest BCUT2D eigenvalue weighted by molar-refractivity contribution is 7.16. The molecule has 0 saturated heterocycles. The average Bonchev–Trinajstić information content (AvgIpc) is 2.77. The Morgan fingerprint density at radius 1 is 1.30 bits per heavy atom. The molecule has 0 unspecified atom stereocenters. The molecule has 0 bridgehead atoms. The van der Waals surface area contributed by atoms with E-state index in [1.54, 1.807) is 0 Å². The molecule has 2 N–H and O–H groups in total. The molecule has 20 heavy (non-hydrogen) atoms. The molecule has 1 rings (SSSR count). The lowest BCUT2D eigenvalue weighted by Crippen LogP contribution is -2.19. The Bertz CT molecular complexity index is 491. The van der Waals surface area contributed by atoms with Gasteiger partial charge in [-0.3, -0.25) is 0 Å². The summed E-state index contributed by atoms with van der Waals surface area (Å²) < 4.78 is 0. The van der Waals surface area contributed by atoms with Crippen molar-refractivity contribution in [1.82, 2.24) is 4.98 Å². The van der Waals surface area contributed by atoms with E-state index in [2.05, 4.69) is 45.0 Å². The van der Waals surface area contributed by atoms with Crippen LogP contribution in [0.2, 0.25) is 0 Å². The van der Waals surface area contributed by atoms with Gasteiger partial charge in [-0.05, 0) is 29.9 Å². The van der Waals surface area contributed by atoms with E-state index in [4.69, 9.17) is 5.73 Å². The largest absolute Gasteiger partial charge is 0.375 e. The second-order valence-electron chi connectivity index (χ2n) is 5.35. The second kappa shape index (κ2) is 7.44. The number of nitrogens with two attached hydrogens (primary N) is 1. The normalized spacial score (nSPS) is 12.4. The van der Waals surface area contributed by atoms with Crippen LogP contribution in [0, 0.1) is 5.41 Å². The quantitative estimate of drug-likeness (QED) is 0.638. The van der Waals surface area contributed by atoms with Crippen molar-refractivity contribution < 1.29 is 0 Å². The van der Waals surface area contributed by atoms with Crippen LogP contribution in [0.15, 0.2) is 25.3 Å². The first kappa shape index (κ1) is 16.7. The van der Waals surface area contributed by atoms with Crippen molar-refractivity contribution in [3.8, 4) is 0 Å². The first-order valence-electron chi connectivity index (χ1n) is 7.24. The van der Waals surface area contributed by atoms with Gasteiger partial charge in [0.25, 0.3) is 0 Å². The van der Waals surface area contributed by atoms with E-state index in [0.29, 0.717) is 5.13 Å². The van der Waals surface area contributed by atoms with E-state index < -0.39 is 0 Å². The summed E-state index contributed by atoms with van der Waals surface area (Å²) in [5, 5.41) is 0.597. The Hall–Kier alpha value is -1.35. The maximum Gasteiger partial charge on any atom is 0.181 e. The first-order chi connectivity index (χ1) is 9.52. The highest BCUT2D eigenvalue weighted by Gasteiger charge is 2.30. The van der Waals surface area contributed by atoms with Gasteiger partial charge < -0.3 is 5.73 Å². The van der Waals surface area contributed by atoms with Crippen LogP contribution < -0.4 is 5.73 Å². The van der Waals surface area contributed by atoms with Crippen LogP contribution in [0.3, 0.4) is 0 Å². The third kappa shape index (κ3) is 3.60. The number of nitrogens with zero attached hydrogens (tertiary/aromatic N) is 1. The molecular formula is C17H26N2S. The van der Waals surface area contributed by atoms with Crippen molar-refractivity contribution >= 4 is 28.1 Å². The minimum atomic E-state index is 0.107. The molecule has 0 aliphatic carbocycles. The van der Waals surface area contributed by atoms with Crippen molar-refractivity contribution in [3.63, 3.8) is 0 Å². The van der Waals surface area contributed by atoms with Gasteiger partial charge in [0.05, 0.1) is 10.6 Å². The average molecular weight is 290 g/mol. The van der Waals surface area contributed by atoms with E-state index in [-0.39, 0.29) is 5.41 Å². The molecule has 1 heterocycles. The molecule has 1 aromatic rings. The molecule has 2 nitrogen and oxygen atoms in total. The van der Waals surface area contributed by atoms with Crippen molar-refractivity contribution in [3.05, 3.63) is 35.9 Å². The number of nitrogen functional groups attached to an aromatic ring is 1. The fourth-order valence-electron chi connectivity index (χ4n) is 2.86.